The number of nitrogens with zero attached hydrogens (tertiary/aromatic N) is 2. The molecule has 0 bridgehead atoms. The predicted molar refractivity (Wildman–Crippen MR) is 119 cm³/mol. The van der Waals surface area contributed by atoms with Crippen LogP contribution >= 0.6 is 23.4 Å². The number of amides is 1. The lowest BCUT2D eigenvalue weighted by Gasteiger charge is -2.14. The molecule has 0 saturated heterocycles. The van der Waals surface area contributed by atoms with Gasteiger partial charge < -0.3 is 5.32 Å². The highest BCUT2D eigenvalue weighted by atomic mass is 35.5. The van der Waals surface area contributed by atoms with Crippen molar-refractivity contribution in [3.8, 4) is 5.69 Å². The van der Waals surface area contributed by atoms with Crippen molar-refractivity contribution >= 4 is 35.0 Å². The quantitative estimate of drug-likeness (QED) is 0.586. The fraction of sp³-hybridized carbons (Fsp3) is 0.227. The summed E-state index contributed by atoms with van der Waals surface area (Å²) in [6.45, 7) is 7.68. The van der Waals surface area contributed by atoms with Gasteiger partial charge in [-0.1, -0.05) is 47.1 Å². The van der Waals surface area contributed by atoms with Gasteiger partial charge in [-0.3, -0.25) is 9.59 Å². The third-order valence-electron chi connectivity index (χ3n) is 4.48. The van der Waals surface area contributed by atoms with Crippen molar-refractivity contribution in [2.75, 3.05) is 5.32 Å². The Morgan fingerprint density at radius 1 is 1.07 bits per heavy atom. The summed E-state index contributed by atoms with van der Waals surface area (Å²) in [6.07, 6.45) is 0. The van der Waals surface area contributed by atoms with E-state index in [1.165, 1.54) is 22.5 Å². The van der Waals surface area contributed by atoms with Crippen LogP contribution in [-0.2, 0) is 4.79 Å². The molecule has 0 spiro atoms. The normalized spacial score (nSPS) is 11.9. The largest absolute Gasteiger partial charge is 0.325 e. The van der Waals surface area contributed by atoms with Crippen LogP contribution in [0.5, 0.6) is 0 Å². The van der Waals surface area contributed by atoms with Gasteiger partial charge in [0.1, 0.15) is 5.03 Å². The first-order valence-electron chi connectivity index (χ1n) is 9.16. The molecular weight excluding hydrogens is 406 g/mol. The van der Waals surface area contributed by atoms with Crippen molar-refractivity contribution < 1.29 is 4.79 Å². The first kappa shape index (κ1) is 21.1. The van der Waals surface area contributed by atoms with Crippen molar-refractivity contribution in [2.24, 2.45) is 0 Å². The molecule has 5 nitrogen and oxygen atoms in total. The van der Waals surface area contributed by atoms with Crippen LogP contribution in [0.25, 0.3) is 5.69 Å². The molecule has 1 heterocycles. The molecule has 1 aromatic heterocycles. The standard InChI is InChI=1S/C22H22ClN3O2S/c1-13-5-8-19(15(3)11-13)24-22(28)16(4)29-20-9-10-21(27)26(25-20)17-7-6-14(2)18(23)12-17/h5-12,16H,1-4H3,(H,24,28)/t16-/m0/s1. The lowest BCUT2D eigenvalue weighted by Crippen LogP contribution is -2.24. The summed E-state index contributed by atoms with van der Waals surface area (Å²) in [5, 5.41) is 8.10. The van der Waals surface area contributed by atoms with E-state index in [1.807, 2.05) is 52.0 Å². The molecule has 29 heavy (non-hydrogen) atoms. The summed E-state index contributed by atoms with van der Waals surface area (Å²) in [4.78, 5) is 24.9. The van der Waals surface area contributed by atoms with E-state index < -0.39 is 5.25 Å². The van der Waals surface area contributed by atoms with Crippen molar-refractivity contribution in [1.29, 1.82) is 0 Å². The second kappa shape index (κ2) is 8.84. The average Bonchev–Trinajstić information content (AvgIpc) is 2.67. The molecule has 0 saturated carbocycles. The minimum atomic E-state index is -0.393. The molecule has 2 aromatic carbocycles. The summed E-state index contributed by atoms with van der Waals surface area (Å²) in [5.74, 6) is -0.125. The predicted octanol–water partition coefficient (Wildman–Crippen LogP) is 4.93. The molecule has 0 aliphatic carbocycles. The molecule has 0 radical (unpaired) electrons. The smallest absolute Gasteiger partial charge is 0.271 e. The highest BCUT2D eigenvalue weighted by Crippen LogP contribution is 2.24. The highest BCUT2D eigenvalue weighted by molar-refractivity contribution is 8.00. The monoisotopic (exact) mass is 427 g/mol. The maximum atomic E-state index is 12.6. The average molecular weight is 428 g/mol. The van der Waals surface area contributed by atoms with Crippen LogP contribution in [0.3, 0.4) is 0 Å². The molecule has 0 aliphatic heterocycles. The number of carbonyl (C=O) groups is 1. The van der Waals surface area contributed by atoms with Crippen LogP contribution in [0.15, 0.2) is 58.4 Å². The molecule has 1 N–H and O–H groups in total. The van der Waals surface area contributed by atoms with Crippen molar-refractivity contribution in [1.82, 2.24) is 9.78 Å². The first-order chi connectivity index (χ1) is 13.7. The van der Waals surface area contributed by atoms with Crippen LogP contribution in [0.4, 0.5) is 5.69 Å². The van der Waals surface area contributed by atoms with Crippen LogP contribution in [-0.4, -0.2) is 20.9 Å². The molecule has 3 rings (SSSR count). The van der Waals surface area contributed by atoms with E-state index in [0.717, 1.165) is 22.4 Å². The topological polar surface area (TPSA) is 64.0 Å². The Kier molecular flexibility index (Phi) is 6.45. The number of benzene rings is 2. The Hall–Kier alpha value is -2.57. The van der Waals surface area contributed by atoms with E-state index in [-0.39, 0.29) is 11.5 Å². The fourth-order valence-corrected chi connectivity index (χ4v) is 3.76. The molecule has 0 fully saturated rings. The van der Waals surface area contributed by atoms with Crippen molar-refractivity contribution in [3.63, 3.8) is 0 Å². The third-order valence-corrected chi connectivity index (χ3v) is 5.92. The Morgan fingerprint density at radius 2 is 1.83 bits per heavy atom. The number of thioether (sulfide) groups is 1. The summed E-state index contributed by atoms with van der Waals surface area (Å²) >= 11 is 7.47. The van der Waals surface area contributed by atoms with E-state index in [1.54, 1.807) is 18.2 Å². The van der Waals surface area contributed by atoms with Gasteiger partial charge in [0, 0.05) is 16.8 Å². The molecule has 150 valence electrons. The Bertz CT molecular complexity index is 1130. The van der Waals surface area contributed by atoms with E-state index in [2.05, 4.69) is 10.4 Å². The molecule has 1 atom stereocenters. The minimum Gasteiger partial charge on any atom is -0.325 e. The maximum absolute atomic E-state index is 12.6. The van der Waals surface area contributed by atoms with Gasteiger partial charge in [0.2, 0.25) is 5.91 Å². The molecular formula is C22H22ClN3O2S. The Morgan fingerprint density at radius 3 is 2.52 bits per heavy atom. The van der Waals surface area contributed by atoms with Gasteiger partial charge in [-0.05, 0) is 63.1 Å². The van der Waals surface area contributed by atoms with Crippen molar-refractivity contribution in [3.05, 3.63) is 80.6 Å². The summed E-state index contributed by atoms with van der Waals surface area (Å²) < 4.78 is 1.29. The summed E-state index contributed by atoms with van der Waals surface area (Å²) in [5.41, 5.74) is 4.19. The summed E-state index contributed by atoms with van der Waals surface area (Å²) in [7, 11) is 0. The lowest BCUT2D eigenvalue weighted by atomic mass is 10.1. The zero-order valence-electron chi connectivity index (χ0n) is 16.7. The zero-order valence-corrected chi connectivity index (χ0v) is 18.3. The maximum Gasteiger partial charge on any atom is 0.271 e. The molecule has 0 unspecified atom stereocenters. The number of rotatable bonds is 5. The van der Waals surface area contributed by atoms with Gasteiger partial charge in [0.15, 0.2) is 0 Å². The Labute approximate surface area is 179 Å². The van der Waals surface area contributed by atoms with Gasteiger partial charge in [-0.2, -0.15) is 9.78 Å². The minimum absolute atomic E-state index is 0.125. The van der Waals surface area contributed by atoms with Gasteiger partial charge in [-0.15, -0.1) is 0 Å². The number of aromatic nitrogens is 2. The number of nitrogens with one attached hydrogen (secondary N) is 1. The van der Waals surface area contributed by atoms with Crippen LogP contribution < -0.4 is 10.9 Å². The molecule has 7 heteroatoms. The third kappa shape index (κ3) is 5.08. The second-order valence-corrected chi connectivity index (χ2v) is 8.69. The second-order valence-electron chi connectivity index (χ2n) is 6.92. The number of hydrogen-bond acceptors (Lipinski definition) is 4. The van der Waals surface area contributed by atoms with Crippen LogP contribution in [0.1, 0.15) is 23.6 Å². The number of hydrogen-bond donors (Lipinski definition) is 1. The molecule has 0 aliphatic rings. The number of aryl methyl sites for hydroxylation is 3. The van der Waals surface area contributed by atoms with E-state index in [0.29, 0.717) is 15.7 Å². The summed E-state index contributed by atoms with van der Waals surface area (Å²) in [6, 6.07) is 14.3. The lowest BCUT2D eigenvalue weighted by molar-refractivity contribution is -0.115. The number of anilines is 1. The number of halogens is 1. The number of carbonyl (C=O) groups excluding carboxylic acids is 1. The van der Waals surface area contributed by atoms with E-state index >= 15 is 0 Å². The van der Waals surface area contributed by atoms with E-state index in [4.69, 9.17) is 11.6 Å². The van der Waals surface area contributed by atoms with Gasteiger partial charge in [0.25, 0.3) is 5.56 Å². The van der Waals surface area contributed by atoms with Crippen LogP contribution in [0.2, 0.25) is 5.02 Å². The van der Waals surface area contributed by atoms with Gasteiger partial charge in [0.05, 0.1) is 10.9 Å². The fourth-order valence-electron chi connectivity index (χ4n) is 2.78. The highest BCUT2D eigenvalue weighted by Gasteiger charge is 2.17. The van der Waals surface area contributed by atoms with Crippen molar-refractivity contribution in [2.45, 2.75) is 38.0 Å². The SMILES string of the molecule is Cc1ccc(NC(=O)[C@H](C)Sc2ccc(=O)n(-c3ccc(C)c(Cl)c3)n2)c(C)c1. The zero-order chi connectivity index (χ0) is 21.1. The molecule has 3 aromatic rings. The Balaban J connectivity index is 1.78. The van der Waals surface area contributed by atoms with Gasteiger partial charge in [-0.25, -0.2) is 0 Å². The van der Waals surface area contributed by atoms with E-state index in [9.17, 15) is 9.59 Å². The van der Waals surface area contributed by atoms with Crippen LogP contribution in [0, 0.1) is 20.8 Å². The first-order valence-corrected chi connectivity index (χ1v) is 10.4. The van der Waals surface area contributed by atoms with Gasteiger partial charge >= 0.3 is 0 Å². The molecule has 1 amide bonds.